The quantitative estimate of drug-likeness (QED) is 0.614. The average molecular weight is 179 g/mol. The molecular weight excluding hydrogens is 170 g/mol. The molecule has 0 aromatic heterocycles. The van der Waals surface area contributed by atoms with Gasteiger partial charge in [0.25, 0.3) is 12.2 Å². The minimum Gasteiger partial charge on any atom is -0.453 e. The van der Waals surface area contributed by atoms with E-state index in [0.717, 1.165) is 5.56 Å². The van der Waals surface area contributed by atoms with Crippen molar-refractivity contribution in [3.8, 4) is 5.75 Å². The van der Waals surface area contributed by atoms with Crippen LogP contribution in [0.15, 0.2) is 18.2 Å². The normalized spacial score (nSPS) is 20.2. The first-order valence-electron chi connectivity index (χ1n) is 3.93. The summed E-state index contributed by atoms with van der Waals surface area (Å²) in [6.45, 7) is 1.91. The van der Waals surface area contributed by atoms with E-state index in [1.54, 1.807) is 12.1 Å². The van der Waals surface area contributed by atoms with Crippen LogP contribution in [0.3, 0.4) is 0 Å². The molecule has 0 saturated heterocycles. The van der Waals surface area contributed by atoms with Crippen LogP contribution >= 0.6 is 0 Å². The number of nitrogens with one attached hydrogen (secondary N) is 1. The summed E-state index contributed by atoms with van der Waals surface area (Å²) in [7, 11) is 0. The summed E-state index contributed by atoms with van der Waals surface area (Å²) < 4.78 is 4.97. The maximum absolute atomic E-state index is 11.0. The highest BCUT2D eigenvalue weighted by molar-refractivity contribution is 5.96. The van der Waals surface area contributed by atoms with Gasteiger partial charge in [0.15, 0.2) is 0 Å². The molecule has 0 aliphatic carbocycles. The number of aryl methyl sites for hydroxylation is 1. The molecule has 0 fully saturated rings. The van der Waals surface area contributed by atoms with E-state index in [4.69, 9.17) is 9.84 Å². The molecule has 0 bridgehead atoms. The minimum atomic E-state index is -1.39. The first-order chi connectivity index (χ1) is 6.16. The predicted molar refractivity (Wildman–Crippen MR) is 46.4 cm³/mol. The van der Waals surface area contributed by atoms with E-state index in [2.05, 4.69) is 5.32 Å². The smallest absolute Gasteiger partial charge is 0.293 e. The van der Waals surface area contributed by atoms with Gasteiger partial charge < -0.3 is 15.2 Å². The van der Waals surface area contributed by atoms with Gasteiger partial charge in [-0.15, -0.1) is 0 Å². The number of rotatable bonds is 0. The fourth-order valence-electron chi connectivity index (χ4n) is 1.20. The largest absolute Gasteiger partial charge is 0.453 e. The van der Waals surface area contributed by atoms with Crippen molar-refractivity contribution in [3.05, 3.63) is 23.8 Å². The molecule has 0 spiro atoms. The van der Waals surface area contributed by atoms with E-state index in [1.165, 1.54) is 0 Å². The maximum Gasteiger partial charge on any atom is 0.293 e. The van der Waals surface area contributed by atoms with Crippen LogP contribution in [0.25, 0.3) is 0 Å². The highest BCUT2D eigenvalue weighted by atomic mass is 16.6. The number of hydrogen-bond donors (Lipinski definition) is 2. The van der Waals surface area contributed by atoms with Crippen molar-refractivity contribution < 1.29 is 14.6 Å². The second-order valence-electron chi connectivity index (χ2n) is 2.96. The summed E-state index contributed by atoms with van der Waals surface area (Å²) in [5.74, 6) is -0.0246. The van der Waals surface area contributed by atoms with Crippen LogP contribution in [0.2, 0.25) is 0 Å². The molecule has 1 aromatic rings. The van der Waals surface area contributed by atoms with Gasteiger partial charge in [0.1, 0.15) is 5.75 Å². The Bertz CT molecular complexity index is 362. The fraction of sp³-hybridized carbons (Fsp3) is 0.222. The highest BCUT2D eigenvalue weighted by Crippen LogP contribution is 2.29. The second-order valence-corrected chi connectivity index (χ2v) is 2.96. The maximum atomic E-state index is 11.0. The Morgan fingerprint density at radius 1 is 1.54 bits per heavy atom. The van der Waals surface area contributed by atoms with Crippen LogP contribution in [-0.2, 0) is 4.79 Å². The summed E-state index contributed by atoms with van der Waals surface area (Å²) in [6, 6.07) is 5.37. The van der Waals surface area contributed by atoms with Crippen LogP contribution < -0.4 is 10.1 Å². The lowest BCUT2D eigenvalue weighted by Crippen LogP contribution is -2.36. The first kappa shape index (κ1) is 8.07. The number of ether oxygens (including phenoxy) is 1. The van der Waals surface area contributed by atoms with Crippen molar-refractivity contribution in [1.29, 1.82) is 0 Å². The van der Waals surface area contributed by atoms with Gasteiger partial charge in [0, 0.05) is 0 Å². The Morgan fingerprint density at radius 2 is 2.31 bits per heavy atom. The Morgan fingerprint density at radius 3 is 3.08 bits per heavy atom. The molecule has 1 heterocycles. The topological polar surface area (TPSA) is 58.6 Å². The number of amides is 1. The average Bonchev–Trinajstić information content (AvgIpc) is 2.08. The molecule has 0 radical (unpaired) electrons. The number of fused-ring (bicyclic) bond motifs is 1. The first-order valence-corrected chi connectivity index (χ1v) is 3.93. The molecule has 68 valence electrons. The molecular formula is C9H9NO3. The van der Waals surface area contributed by atoms with Crippen LogP contribution in [0.4, 0.5) is 5.69 Å². The van der Waals surface area contributed by atoms with Crippen LogP contribution in [-0.4, -0.2) is 17.3 Å². The number of aliphatic hydroxyl groups is 1. The number of hydrogen-bond acceptors (Lipinski definition) is 3. The van der Waals surface area contributed by atoms with E-state index < -0.39 is 12.2 Å². The monoisotopic (exact) mass is 179 g/mol. The van der Waals surface area contributed by atoms with E-state index in [-0.39, 0.29) is 0 Å². The van der Waals surface area contributed by atoms with Gasteiger partial charge in [0.05, 0.1) is 5.69 Å². The lowest BCUT2D eigenvalue weighted by Gasteiger charge is -2.22. The van der Waals surface area contributed by atoms with Gasteiger partial charge in [-0.3, -0.25) is 4.79 Å². The molecule has 1 atom stereocenters. The third kappa shape index (κ3) is 1.36. The minimum absolute atomic E-state index is 0.507. The molecule has 1 aliphatic rings. The molecule has 1 unspecified atom stereocenters. The Kier molecular flexibility index (Phi) is 1.70. The molecule has 13 heavy (non-hydrogen) atoms. The second kappa shape index (κ2) is 2.74. The molecule has 4 nitrogen and oxygen atoms in total. The van der Waals surface area contributed by atoms with E-state index in [0.29, 0.717) is 11.4 Å². The van der Waals surface area contributed by atoms with Crippen LogP contribution in [0, 0.1) is 6.92 Å². The molecule has 4 heteroatoms. The third-order valence-corrected chi connectivity index (χ3v) is 1.86. The molecule has 2 rings (SSSR count). The molecule has 1 aliphatic heterocycles. The van der Waals surface area contributed by atoms with Crippen molar-refractivity contribution in [2.45, 2.75) is 13.2 Å². The van der Waals surface area contributed by atoms with E-state index in [9.17, 15) is 4.79 Å². The van der Waals surface area contributed by atoms with Crippen molar-refractivity contribution in [3.63, 3.8) is 0 Å². The van der Waals surface area contributed by atoms with Crippen molar-refractivity contribution in [1.82, 2.24) is 0 Å². The van der Waals surface area contributed by atoms with Gasteiger partial charge in [-0.05, 0) is 24.6 Å². The molecule has 1 amide bonds. The zero-order valence-corrected chi connectivity index (χ0v) is 7.07. The van der Waals surface area contributed by atoms with E-state index in [1.807, 2.05) is 13.0 Å². The Balaban J connectivity index is 2.42. The predicted octanol–water partition coefficient (Wildman–Crippen LogP) is 0.644. The number of benzene rings is 1. The summed E-state index contributed by atoms with van der Waals surface area (Å²) >= 11 is 0. The number of aliphatic hydroxyl groups excluding tert-OH is 1. The van der Waals surface area contributed by atoms with Crippen LogP contribution in [0.5, 0.6) is 5.75 Å². The van der Waals surface area contributed by atoms with Gasteiger partial charge in [-0.1, -0.05) is 6.07 Å². The summed E-state index contributed by atoms with van der Waals surface area (Å²) in [5.41, 5.74) is 1.61. The highest BCUT2D eigenvalue weighted by Gasteiger charge is 2.24. The lowest BCUT2D eigenvalue weighted by atomic mass is 10.2. The van der Waals surface area contributed by atoms with E-state index >= 15 is 0 Å². The van der Waals surface area contributed by atoms with Gasteiger partial charge >= 0.3 is 0 Å². The van der Waals surface area contributed by atoms with Crippen molar-refractivity contribution >= 4 is 11.6 Å². The Hall–Kier alpha value is -1.55. The fourth-order valence-corrected chi connectivity index (χ4v) is 1.20. The summed E-state index contributed by atoms with van der Waals surface area (Å²) in [6.07, 6.45) is -1.39. The summed E-state index contributed by atoms with van der Waals surface area (Å²) in [4.78, 5) is 11.0. The number of anilines is 1. The molecule has 2 N–H and O–H groups in total. The van der Waals surface area contributed by atoms with Crippen LogP contribution in [0.1, 0.15) is 5.56 Å². The number of carbonyl (C=O) groups excluding carboxylic acids is 1. The van der Waals surface area contributed by atoms with Gasteiger partial charge in [0.2, 0.25) is 0 Å². The van der Waals surface area contributed by atoms with Crippen molar-refractivity contribution in [2.75, 3.05) is 5.32 Å². The lowest BCUT2D eigenvalue weighted by molar-refractivity contribution is -0.139. The van der Waals surface area contributed by atoms with Crippen molar-refractivity contribution in [2.24, 2.45) is 0 Å². The zero-order chi connectivity index (χ0) is 9.42. The summed E-state index contributed by atoms with van der Waals surface area (Å²) in [5, 5.41) is 11.6. The van der Waals surface area contributed by atoms with Gasteiger partial charge in [-0.25, -0.2) is 0 Å². The third-order valence-electron chi connectivity index (χ3n) is 1.86. The molecule has 1 aromatic carbocycles. The Labute approximate surface area is 75.1 Å². The molecule has 0 saturated carbocycles. The zero-order valence-electron chi connectivity index (χ0n) is 7.07. The number of carbonyl (C=O) groups is 1. The standard InChI is InChI=1S/C9H9NO3/c1-5-2-3-6-7(4-5)13-9(12)8(11)10-6/h2-4,9,12H,1H3,(H,10,11). The SMILES string of the molecule is Cc1ccc2c(c1)OC(O)C(=O)N2. The van der Waals surface area contributed by atoms with Gasteiger partial charge in [-0.2, -0.15) is 0 Å².